The van der Waals surface area contributed by atoms with Gasteiger partial charge in [-0.2, -0.15) is 0 Å². The highest BCUT2D eigenvalue weighted by Gasteiger charge is 2.32. The first kappa shape index (κ1) is 13.2. The molecular formula is C10H9N3O5S. The van der Waals surface area contributed by atoms with Crippen LogP contribution in [0.5, 0.6) is 0 Å². The van der Waals surface area contributed by atoms with Gasteiger partial charge >= 0.3 is 6.03 Å². The van der Waals surface area contributed by atoms with Crippen molar-refractivity contribution in [1.29, 1.82) is 0 Å². The molecule has 1 fully saturated rings. The van der Waals surface area contributed by atoms with E-state index in [0.29, 0.717) is 4.90 Å². The number of benzene rings is 1. The molecule has 1 heterocycles. The van der Waals surface area contributed by atoms with E-state index in [4.69, 9.17) is 5.14 Å². The number of amides is 4. The Hall–Kier alpha value is -2.26. The molecule has 1 aliphatic rings. The average molecular weight is 283 g/mol. The lowest BCUT2D eigenvalue weighted by atomic mass is 10.2. The highest BCUT2D eigenvalue weighted by Crippen LogP contribution is 2.21. The number of hydrogen-bond donors (Lipinski definition) is 2. The summed E-state index contributed by atoms with van der Waals surface area (Å²) in [7, 11) is -3.95. The number of barbiturate groups is 1. The molecule has 0 radical (unpaired) electrons. The third kappa shape index (κ3) is 2.61. The van der Waals surface area contributed by atoms with E-state index in [2.05, 4.69) is 0 Å². The molecule has 1 aliphatic heterocycles. The van der Waals surface area contributed by atoms with Gasteiger partial charge in [-0.25, -0.2) is 23.3 Å². The fourth-order valence-electron chi connectivity index (χ4n) is 1.61. The number of sulfonamides is 1. The average Bonchev–Trinajstić information content (AvgIpc) is 2.26. The van der Waals surface area contributed by atoms with Gasteiger partial charge in [-0.05, 0) is 18.2 Å². The molecule has 0 spiro atoms. The van der Waals surface area contributed by atoms with E-state index >= 15 is 0 Å². The number of primary sulfonamides is 1. The summed E-state index contributed by atoms with van der Waals surface area (Å²) in [4.78, 5) is 34.7. The van der Waals surface area contributed by atoms with Crippen LogP contribution < -0.4 is 15.4 Å². The molecule has 19 heavy (non-hydrogen) atoms. The number of carbonyl (C=O) groups excluding carboxylic acids is 3. The lowest BCUT2D eigenvalue weighted by Crippen LogP contribution is -2.53. The molecule has 0 unspecified atom stereocenters. The molecule has 0 bridgehead atoms. The second-order valence-electron chi connectivity index (χ2n) is 3.80. The summed E-state index contributed by atoms with van der Waals surface area (Å²) in [5.41, 5.74) is 0.0292. The van der Waals surface area contributed by atoms with Crippen LogP contribution in [0.4, 0.5) is 10.5 Å². The number of hydrogen-bond acceptors (Lipinski definition) is 5. The summed E-state index contributed by atoms with van der Waals surface area (Å²) in [6, 6.07) is 4.10. The smallest absolute Gasteiger partial charge is 0.277 e. The first-order chi connectivity index (χ1) is 8.79. The molecule has 9 heteroatoms. The molecule has 4 amide bonds. The van der Waals surface area contributed by atoms with Crippen LogP contribution in [0.3, 0.4) is 0 Å². The normalized spacial score (nSPS) is 16.5. The Bertz CT molecular complexity index is 662. The summed E-state index contributed by atoms with van der Waals surface area (Å²) >= 11 is 0. The van der Waals surface area contributed by atoms with E-state index in [0.717, 1.165) is 6.07 Å². The van der Waals surface area contributed by atoms with Crippen molar-refractivity contribution in [2.45, 2.75) is 11.3 Å². The van der Waals surface area contributed by atoms with Crippen molar-refractivity contribution < 1.29 is 22.8 Å². The van der Waals surface area contributed by atoms with E-state index in [1.807, 2.05) is 5.32 Å². The third-order valence-corrected chi connectivity index (χ3v) is 3.33. The maximum Gasteiger partial charge on any atom is 0.335 e. The number of nitrogens with zero attached hydrogens (tertiary/aromatic N) is 1. The van der Waals surface area contributed by atoms with Crippen LogP contribution in [0.1, 0.15) is 6.42 Å². The van der Waals surface area contributed by atoms with Crippen LogP contribution in [0.25, 0.3) is 0 Å². The number of nitrogens with two attached hydrogens (primary N) is 1. The summed E-state index contributed by atoms with van der Waals surface area (Å²) in [5, 5.41) is 6.92. The van der Waals surface area contributed by atoms with Crippen molar-refractivity contribution >= 4 is 33.6 Å². The zero-order valence-electron chi connectivity index (χ0n) is 9.49. The van der Waals surface area contributed by atoms with Gasteiger partial charge in [0, 0.05) is 0 Å². The molecule has 0 aromatic heterocycles. The summed E-state index contributed by atoms with van der Waals surface area (Å²) in [5.74, 6) is -1.44. The van der Waals surface area contributed by atoms with Gasteiger partial charge in [0.2, 0.25) is 21.8 Å². The summed E-state index contributed by atoms with van der Waals surface area (Å²) < 4.78 is 22.4. The lowest BCUT2D eigenvalue weighted by molar-refractivity contribution is -0.128. The van der Waals surface area contributed by atoms with Crippen molar-refractivity contribution in [2.75, 3.05) is 4.90 Å². The minimum absolute atomic E-state index is 0.0292. The predicted molar refractivity (Wildman–Crippen MR) is 63.5 cm³/mol. The Kier molecular flexibility index (Phi) is 3.08. The molecule has 1 saturated heterocycles. The van der Waals surface area contributed by atoms with E-state index < -0.39 is 34.3 Å². The Morgan fingerprint density at radius 2 is 1.89 bits per heavy atom. The maximum atomic E-state index is 11.6. The van der Waals surface area contributed by atoms with Crippen LogP contribution in [0, 0.1) is 0 Å². The highest BCUT2D eigenvalue weighted by atomic mass is 32.2. The third-order valence-electron chi connectivity index (χ3n) is 2.41. The van der Waals surface area contributed by atoms with E-state index in [9.17, 15) is 22.8 Å². The second kappa shape index (κ2) is 4.44. The molecular weight excluding hydrogens is 274 g/mol. The maximum absolute atomic E-state index is 11.6. The standard InChI is InChI=1S/C10H9N3O5S/c11-19(17,18)7-3-1-2-6(4-7)13-9(15)5-8(14)12-10(13)16/h1-4H,5H2,(H2,11,17,18)(H,12,14,16). The summed E-state index contributed by atoms with van der Waals surface area (Å²) in [6.45, 7) is 0. The Labute approximate surface area is 108 Å². The van der Waals surface area contributed by atoms with Crippen LogP contribution in [-0.2, 0) is 19.6 Å². The van der Waals surface area contributed by atoms with Gasteiger partial charge in [-0.1, -0.05) is 6.07 Å². The molecule has 0 aliphatic carbocycles. The molecule has 3 N–H and O–H groups in total. The zero-order chi connectivity index (χ0) is 14.2. The van der Waals surface area contributed by atoms with Crippen LogP contribution >= 0.6 is 0 Å². The van der Waals surface area contributed by atoms with Crippen molar-refractivity contribution in [1.82, 2.24) is 5.32 Å². The largest absolute Gasteiger partial charge is 0.335 e. The minimum Gasteiger partial charge on any atom is -0.277 e. The van der Waals surface area contributed by atoms with E-state index in [-0.39, 0.29) is 10.6 Å². The van der Waals surface area contributed by atoms with Crippen molar-refractivity contribution in [3.8, 4) is 0 Å². The molecule has 1 aromatic rings. The van der Waals surface area contributed by atoms with E-state index in [1.165, 1.54) is 18.2 Å². The number of nitrogens with one attached hydrogen (secondary N) is 1. The fourth-order valence-corrected chi connectivity index (χ4v) is 2.16. The summed E-state index contributed by atoms with van der Waals surface area (Å²) in [6.07, 6.45) is -0.481. The van der Waals surface area contributed by atoms with Crippen LogP contribution in [0.2, 0.25) is 0 Å². The number of carbonyl (C=O) groups is 3. The van der Waals surface area contributed by atoms with Gasteiger partial charge in [-0.3, -0.25) is 14.9 Å². The van der Waals surface area contributed by atoms with Gasteiger partial charge in [0.1, 0.15) is 6.42 Å². The number of urea groups is 1. The Morgan fingerprint density at radius 1 is 1.21 bits per heavy atom. The lowest BCUT2D eigenvalue weighted by Gasteiger charge is -2.24. The Morgan fingerprint density at radius 3 is 2.47 bits per heavy atom. The molecule has 8 nitrogen and oxygen atoms in total. The highest BCUT2D eigenvalue weighted by molar-refractivity contribution is 7.89. The van der Waals surface area contributed by atoms with Gasteiger partial charge in [0.05, 0.1) is 10.6 Å². The zero-order valence-corrected chi connectivity index (χ0v) is 10.3. The fraction of sp³-hybridized carbons (Fsp3) is 0.100. The quantitative estimate of drug-likeness (QED) is 0.694. The van der Waals surface area contributed by atoms with Crippen molar-refractivity contribution in [3.05, 3.63) is 24.3 Å². The topological polar surface area (TPSA) is 127 Å². The van der Waals surface area contributed by atoms with Gasteiger partial charge in [0.25, 0.3) is 0 Å². The van der Waals surface area contributed by atoms with Gasteiger partial charge in [0.15, 0.2) is 0 Å². The molecule has 0 atom stereocenters. The van der Waals surface area contributed by atoms with Crippen LogP contribution in [0.15, 0.2) is 29.2 Å². The monoisotopic (exact) mass is 283 g/mol. The first-order valence-electron chi connectivity index (χ1n) is 5.08. The number of rotatable bonds is 2. The SMILES string of the molecule is NS(=O)(=O)c1cccc(N2C(=O)CC(=O)NC2=O)c1. The van der Waals surface area contributed by atoms with E-state index in [1.54, 1.807) is 0 Å². The predicted octanol–water partition coefficient (Wildman–Crippen LogP) is -0.693. The van der Waals surface area contributed by atoms with Gasteiger partial charge < -0.3 is 0 Å². The molecule has 2 rings (SSSR count). The number of imide groups is 2. The number of anilines is 1. The van der Waals surface area contributed by atoms with Crippen LogP contribution in [-0.4, -0.2) is 26.3 Å². The second-order valence-corrected chi connectivity index (χ2v) is 5.36. The molecule has 1 aromatic carbocycles. The first-order valence-corrected chi connectivity index (χ1v) is 6.63. The minimum atomic E-state index is -3.95. The van der Waals surface area contributed by atoms with Gasteiger partial charge in [-0.15, -0.1) is 0 Å². The van der Waals surface area contributed by atoms with Crippen molar-refractivity contribution in [2.24, 2.45) is 5.14 Å². The van der Waals surface area contributed by atoms with Crippen molar-refractivity contribution in [3.63, 3.8) is 0 Å². The Balaban J connectivity index is 2.45. The molecule has 0 saturated carbocycles. The molecule has 100 valence electrons.